The van der Waals surface area contributed by atoms with Crippen molar-refractivity contribution in [3.63, 3.8) is 0 Å². The molecule has 0 bridgehead atoms. The monoisotopic (exact) mass is 264 g/mol. The lowest BCUT2D eigenvalue weighted by Gasteiger charge is -2.21. The predicted octanol–water partition coefficient (Wildman–Crippen LogP) is 1.45. The van der Waals surface area contributed by atoms with Crippen molar-refractivity contribution in [3.05, 3.63) is 22.6 Å². The molecule has 0 amide bonds. The van der Waals surface area contributed by atoms with Gasteiger partial charge in [0.25, 0.3) is 5.56 Å². The Bertz CT molecular complexity index is 437. The van der Waals surface area contributed by atoms with Crippen LogP contribution in [0.1, 0.15) is 32.1 Å². The summed E-state index contributed by atoms with van der Waals surface area (Å²) in [6.07, 6.45) is 8.14. The first-order valence-corrected chi connectivity index (χ1v) is 7.25. The van der Waals surface area contributed by atoms with Crippen LogP contribution < -0.4 is 16.2 Å². The van der Waals surface area contributed by atoms with Crippen molar-refractivity contribution >= 4 is 5.69 Å². The SMILES string of the molecule is CNCCNc1cnn(CC2CCCCC2)c(=O)c1. The Morgan fingerprint density at radius 3 is 2.79 bits per heavy atom. The summed E-state index contributed by atoms with van der Waals surface area (Å²) in [6.45, 7) is 2.44. The van der Waals surface area contributed by atoms with Gasteiger partial charge in [0.05, 0.1) is 11.9 Å². The zero-order valence-corrected chi connectivity index (χ0v) is 11.7. The fourth-order valence-corrected chi connectivity index (χ4v) is 2.61. The molecule has 0 aromatic carbocycles. The van der Waals surface area contributed by atoms with Crippen LogP contribution in [0.25, 0.3) is 0 Å². The van der Waals surface area contributed by atoms with Crippen LogP contribution in [0.15, 0.2) is 17.1 Å². The molecule has 106 valence electrons. The van der Waals surface area contributed by atoms with E-state index in [0.717, 1.165) is 25.3 Å². The highest BCUT2D eigenvalue weighted by molar-refractivity contribution is 5.38. The summed E-state index contributed by atoms with van der Waals surface area (Å²) < 4.78 is 1.61. The van der Waals surface area contributed by atoms with E-state index in [-0.39, 0.29) is 5.56 Å². The maximum absolute atomic E-state index is 12.0. The number of hydrogen-bond acceptors (Lipinski definition) is 4. The van der Waals surface area contributed by atoms with Gasteiger partial charge in [-0.05, 0) is 25.8 Å². The van der Waals surface area contributed by atoms with Crippen LogP contribution in [-0.2, 0) is 6.54 Å². The van der Waals surface area contributed by atoms with Crippen LogP contribution >= 0.6 is 0 Å². The number of nitrogens with zero attached hydrogens (tertiary/aromatic N) is 2. The maximum atomic E-state index is 12.0. The third kappa shape index (κ3) is 4.35. The zero-order chi connectivity index (χ0) is 13.5. The summed E-state index contributed by atoms with van der Waals surface area (Å²) in [7, 11) is 1.90. The lowest BCUT2D eigenvalue weighted by Crippen LogP contribution is -2.27. The van der Waals surface area contributed by atoms with Crippen LogP contribution in [0.2, 0.25) is 0 Å². The summed E-state index contributed by atoms with van der Waals surface area (Å²) in [5, 5.41) is 10.5. The number of nitrogens with one attached hydrogen (secondary N) is 2. The second-order valence-electron chi connectivity index (χ2n) is 5.30. The minimum Gasteiger partial charge on any atom is -0.382 e. The van der Waals surface area contributed by atoms with Gasteiger partial charge < -0.3 is 10.6 Å². The Labute approximate surface area is 114 Å². The van der Waals surface area contributed by atoms with Crippen molar-refractivity contribution in [2.24, 2.45) is 5.92 Å². The highest BCUT2D eigenvalue weighted by Crippen LogP contribution is 2.24. The average molecular weight is 264 g/mol. The van der Waals surface area contributed by atoms with E-state index >= 15 is 0 Å². The largest absolute Gasteiger partial charge is 0.382 e. The number of anilines is 1. The third-order valence-corrected chi connectivity index (χ3v) is 3.73. The molecule has 0 atom stereocenters. The third-order valence-electron chi connectivity index (χ3n) is 3.73. The molecule has 1 fully saturated rings. The minimum atomic E-state index is 0.0000288. The van der Waals surface area contributed by atoms with Crippen LogP contribution in [0.5, 0.6) is 0 Å². The van der Waals surface area contributed by atoms with Crippen molar-refractivity contribution < 1.29 is 0 Å². The summed E-state index contributed by atoms with van der Waals surface area (Å²) in [5.41, 5.74) is 0.806. The van der Waals surface area contributed by atoms with E-state index < -0.39 is 0 Å². The molecule has 0 radical (unpaired) electrons. The lowest BCUT2D eigenvalue weighted by atomic mass is 9.89. The van der Waals surface area contributed by atoms with E-state index in [2.05, 4.69) is 15.7 Å². The lowest BCUT2D eigenvalue weighted by molar-refractivity contribution is 0.302. The van der Waals surface area contributed by atoms with E-state index in [4.69, 9.17) is 0 Å². The normalized spacial score (nSPS) is 16.5. The molecule has 5 heteroatoms. The smallest absolute Gasteiger partial charge is 0.268 e. The minimum absolute atomic E-state index is 0.0000288. The van der Waals surface area contributed by atoms with Gasteiger partial charge in [0, 0.05) is 25.7 Å². The highest BCUT2D eigenvalue weighted by Gasteiger charge is 2.14. The fraction of sp³-hybridized carbons (Fsp3) is 0.714. The van der Waals surface area contributed by atoms with Gasteiger partial charge in [-0.25, -0.2) is 4.68 Å². The molecule has 0 aliphatic heterocycles. The van der Waals surface area contributed by atoms with Gasteiger partial charge in [-0.15, -0.1) is 0 Å². The molecule has 2 rings (SSSR count). The van der Waals surface area contributed by atoms with Crippen molar-refractivity contribution in [2.45, 2.75) is 38.6 Å². The second-order valence-corrected chi connectivity index (χ2v) is 5.30. The molecule has 1 aliphatic carbocycles. The second kappa shape index (κ2) is 7.28. The van der Waals surface area contributed by atoms with E-state index in [0.29, 0.717) is 5.92 Å². The Morgan fingerprint density at radius 2 is 2.11 bits per heavy atom. The van der Waals surface area contributed by atoms with Crippen molar-refractivity contribution in [1.29, 1.82) is 0 Å². The van der Waals surface area contributed by atoms with Gasteiger partial charge in [0.2, 0.25) is 0 Å². The van der Waals surface area contributed by atoms with Crippen LogP contribution in [0.4, 0.5) is 5.69 Å². The predicted molar refractivity (Wildman–Crippen MR) is 77.5 cm³/mol. The van der Waals surface area contributed by atoms with Gasteiger partial charge in [0.15, 0.2) is 0 Å². The molecule has 1 heterocycles. The average Bonchev–Trinajstić information content (AvgIpc) is 2.43. The van der Waals surface area contributed by atoms with Crippen LogP contribution in [0.3, 0.4) is 0 Å². The topological polar surface area (TPSA) is 59.0 Å². The number of likely N-dealkylation sites (N-methyl/N-ethyl adjacent to an activating group) is 1. The van der Waals surface area contributed by atoms with Gasteiger partial charge >= 0.3 is 0 Å². The Balaban J connectivity index is 1.92. The fourth-order valence-electron chi connectivity index (χ4n) is 2.61. The Hall–Kier alpha value is -1.36. The molecule has 0 spiro atoms. The molecule has 0 saturated heterocycles. The Morgan fingerprint density at radius 1 is 1.32 bits per heavy atom. The number of rotatable bonds is 6. The molecule has 2 N–H and O–H groups in total. The summed E-state index contributed by atoms with van der Waals surface area (Å²) >= 11 is 0. The van der Waals surface area contributed by atoms with E-state index in [1.54, 1.807) is 16.9 Å². The molecule has 19 heavy (non-hydrogen) atoms. The number of aromatic nitrogens is 2. The molecule has 0 unspecified atom stereocenters. The van der Waals surface area contributed by atoms with Crippen molar-refractivity contribution in [1.82, 2.24) is 15.1 Å². The van der Waals surface area contributed by atoms with Crippen LogP contribution in [-0.4, -0.2) is 29.9 Å². The van der Waals surface area contributed by atoms with Gasteiger partial charge in [-0.1, -0.05) is 19.3 Å². The molecule has 1 aromatic heterocycles. The van der Waals surface area contributed by atoms with E-state index in [1.807, 2.05) is 7.05 Å². The summed E-state index contributed by atoms with van der Waals surface area (Å²) in [4.78, 5) is 12.0. The Kier molecular flexibility index (Phi) is 5.39. The maximum Gasteiger partial charge on any atom is 0.268 e. The standard InChI is InChI=1S/C14H24N4O/c1-15-7-8-16-13-9-14(19)18(17-10-13)11-12-5-3-2-4-6-12/h9-10,12,15-16H,2-8,11H2,1H3. The van der Waals surface area contributed by atoms with Crippen LogP contribution in [0, 0.1) is 5.92 Å². The first-order valence-electron chi connectivity index (χ1n) is 7.25. The summed E-state index contributed by atoms with van der Waals surface area (Å²) in [5.74, 6) is 0.627. The molecular weight excluding hydrogens is 240 g/mol. The van der Waals surface area contributed by atoms with E-state index in [1.165, 1.54) is 32.1 Å². The molecular formula is C14H24N4O. The summed E-state index contributed by atoms with van der Waals surface area (Å²) in [6, 6.07) is 1.64. The van der Waals surface area contributed by atoms with Gasteiger partial charge in [0.1, 0.15) is 0 Å². The van der Waals surface area contributed by atoms with Crippen molar-refractivity contribution in [2.75, 3.05) is 25.5 Å². The van der Waals surface area contributed by atoms with E-state index in [9.17, 15) is 4.79 Å². The molecule has 1 saturated carbocycles. The number of hydrogen-bond donors (Lipinski definition) is 2. The molecule has 1 aromatic rings. The zero-order valence-electron chi connectivity index (χ0n) is 11.7. The quantitative estimate of drug-likeness (QED) is 0.764. The first kappa shape index (κ1) is 14.1. The van der Waals surface area contributed by atoms with Crippen molar-refractivity contribution in [3.8, 4) is 0 Å². The molecule has 5 nitrogen and oxygen atoms in total. The van der Waals surface area contributed by atoms with Gasteiger partial charge in [-0.3, -0.25) is 4.79 Å². The molecule has 1 aliphatic rings. The van der Waals surface area contributed by atoms with Gasteiger partial charge in [-0.2, -0.15) is 5.10 Å². The first-order chi connectivity index (χ1) is 9.29. The highest BCUT2D eigenvalue weighted by atomic mass is 16.1.